The monoisotopic (exact) mass is 402 g/mol. The van der Waals surface area contributed by atoms with Gasteiger partial charge < -0.3 is 15.6 Å². The van der Waals surface area contributed by atoms with Crippen molar-refractivity contribution in [2.24, 2.45) is 4.99 Å². The van der Waals surface area contributed by atoms with Crippen molar-refractivity contribution in [3.63, 3.8) is 0 Å². The highest BCUT2D eigenvalue weighted by Gasteiger charge is 2.11. The number of sulfone groups is 1. The molecular formula is C20H23FN4O2S. The van der Waals surface area contributed by atoms with Crippen molar-refractivity contribution in [1.29, 1.82) is 0 Å². The van der Waals surface area contributed by atoms with Crippen molar-refractivity contribution >= 4 is 26.7 Å². The first-order valence-corrected chi connectivity index (χ1v) is 10.9. The molecule has 0 fully saturated rings. The van der Waals surface area contributed by atoms with E-state index >= 15 is 0 Å². The SMILES string of the molecule is CN=C(NCc1cc2ccccc2[nH]1)NCc1cc(F)ccc1CS(C)(=O)=O. The van der Waals surface area contributed by atoms with E-state index in [1.54, 1.807) is 7.05 Å². The molecule has 3 rings (SSSR count). The van der Waals surface area contributed by atoms with Crippen LogP contribution in [0.3, 0.4) is 0 Å². The van der Waals surface area contributed by atoms with Gasteiger partial charge in [-0.05, 0) is 40.8 Å². The number of para-hydroxylation sites is 1. The average molecular weight is 402 g/mol. The summed E-state index contributed by atoms with van der Waals surface area (Å²) in [6, 6.07) is 14.2. The van der Waals surface area contributed by atoms with Crippen molar-refractivity contribution < 1.29 is 12.8 Å². The van der Waals surface area contributed by atoms with Gasteiger partial charge >= 0.3 is 0 Å². The lowest BCUT2D eigenvalue weighted by molar-refractivity contribution is 0.599. The van der Waals surface area contributed by atoms with Crippen molar-refractivity contribution in [3.05, 3.63) is 71.2 Å². The maximum Gasteiger partial charge on any atom is 0.191 e. The number of H-pyrrole nitrogens is 1. The van der Waals surface area contributed by atoms with E-state index in [2.05, 4.69) is 26.7 Å². The average Bonchev–Trinajstić information content (AvgIpc) is 3.05. The number of fused-ring (bicyclic) bond motifs is 1. The lowest BCUT2D eigenvalue weighted by Crippen LogP contribution is -2.36. The normalized spacial score (nSPS) is 12.3. The summed E-state index contributed by atoms with van der Waals surface area (Å²) in [7, 11) is -1.57. The molecule has 1 aromatic heterocycles. The summed E-state index contributed by atoms with van der Waals surface area (Å²) < 4.78 is 36.9. The number of rotatable bonds is 6. The molecule has 3 N–H and O–H groups in total. The molecular weight excluding hydrogens is 379 g/mol. The van der Waals surface area contributed by atoms with E-state index in [4.69, 9.17) is 0 Å². The third kappa shape index (κ3) is 5.32. The maximum absolute atomic E-state index is 13.6. The van der Waals surface area contributed by atoms with Crippen LogP contribution in [0.15, 0.2) is 53.5 Å². The minimum Gasteiger partial charge on any atom is -0.357 e. The van der Waals surface area contributed by atoms with E-state index in [-0.39, 0.29) is 12.3 Å². The smallest absolute Gasteiger partial charge is 0.191 e. The summed E-state index contributed by atoms with van der Waals surface area (Å²) in [5.41, 5.74) is 3.22. The molecule has 0 aliphatic carbocycles. The third-order valence-electron chi connectivity index (χ3n) is 4.29. The number of aliphatic imine (C=N–C) groups is 1. The second-order valence-corrected chi connectivity index (χ2v) is 8.78. The van der Waals surface area contributed by atoms with Crippen LogP contribution in [0.2, 0.25) is 0 Å². The van der Waals surface area contributed by atoms with E-state index in [1.165, 1.54) is 18.2 Å². The molecule has 28 heavy (non-hydrogen) atoms. The zero-order valence-electron chi connectivity index (χ0n) is 15.8. The number of guanidine groups is 1. The molecule has 0 radical (unpaired) electrons. The second kappa shape index (κ2) is 8.43. The van der Waals surface area contributed by atoms with Crippen LogP contribution in [0.4, 0.5) is 4.39 Å². The first-order valence-electron chi connectivity index (χ1n) is 8.80. The van der Waals surface area contributed by atoms with Crippen LogP contribution in [0.5, 0.6) is 0 Å². The molecule has 6 nitrogen and oxygen atoms in total. The highest BCUT2D eigenvalue weighted by Crippen LogP contribution is 2.15. The number of hydrogen-bond donors (Lipinski definition) is 3. The standard InChI is InChI=1S/C20H23FN4O2S/c1-22-20(24-12-18-10-14-5-3-4-6-19(14)25-18)23-11-16-9-17(21)8-7-15(16)13-28(2,26)27/h3-10,25H,11-13H2,1-2H3,(H2,22,23,24). The Hall–Kier alpha value is -2.87. The summed E-state index contributed by atoms with van der Waals surface area (Å²) in [6.45, 7) is 0.794. The summed E-state index contributed by atoms with van der Waals surface area (Å²) >= 11 is 0. The Morgan fingerprint density at radius 1 is 1.07 bits per heavy atom. The molecule has 0 spiro atoms. The Labute approximate surface area is 163 Å². The second-order valence-electron chi connectivity index (χ2n) is 6.64. The van der Waals surface area contributed by atoms with E-state index in [0.29, 0.717) is 23.6 Å². The first-order chi connectivity index (χ1) is 13.3. The van der Waals surface area contributed by atoms with E-state index in [9.17, 15) is 12.8 Å². The van der Waals surface area contributed by atoms with Gasteiger partial charge in [0.15, 0.2) is 15.8 Å². The van der Waals surface area contributed by atoms with Crippen LogP contribution in [0.25, 0.3) is 10.9 Å². The van der Waals surface area contributed by atoms with Crippen molar-refractivity contribution in [2.75, 3.05) is 13.3 Å². The molecule has 148 valence electrons. The molecule has 0 unspecified atom stereocenters. The Morgan fingerprint density at radius 3 is 2.54 bits per heavy atom. The van der Waals surface area contributed by atoms with E-state index in [1.807, 2.05) is 24.3 Å². The Kier molecular flexibility index (Phi) is 5.99. The molecule has 3 aromatic rings. The van der Waals surface area contributed by atoms with Gasteiger partial charge in [-0.1, -0.05) is 24.3 Å². The quantitative estimate of drug-likeness (QED) is 0.437. The van der Waals surface area contributed by atoms with Gasteiger partial charge in [-0.25, -0.2) is 12.8 Å². The van der Waals surface area contributed by atoms with Gasteiger partial charge in [0.05, 0.1) is 12.3 Å². The van der Waals surface area contributed by atoms with Crippen LogP contribution in [-0.2, 0) is 28.7 Å². The molecule has 0 saturated heterocycles. The summed E-state index contributed by atoms with van der Waals surface area (Å²) in [5.74, 6) is -0.00549. The summed E-state index contributed by atoms with van der Waals surface area (Å²) in [4.78, 5) is 7.50. The topological polar surface area (TPSA) is 86.3 Å². The maximum atomic E-state index is 13.6. The van der Waals surface area contributed by atoms with Crippen LogP contribution in [0, 0.1) is 5.82 Å². The van der Waals surface area contributed by atoms with Gasteiger partial charge in [0.2, 0.25) is 0 Å². The Bertz CT molecular complexity index is 1070. The van der Waals surface area contributed by atoms with Gasteiger partial charge in [-0.2, -0.15) is 0 Å². The van der Waals surface area contributed by atoms with Crippen molar-refractivity contribution in [1.82, 2.24) is 15.6 Å². The minimum atomic E-state index is -3.22. The predicted molar refractivity (Wildman–Crippen MR) is 110 cm³/mol. The minimum absolute atomic E-state index is 0.134. The molecule has 8 heteroatoms. The zero-order valence-corrected chi connectivity index (χ0v) is 16.6. The van der Waals surface area contributed by atoms with Crippen LogP contribution >= 0.6 is 0 Å². The molecule has 0 aliphatic rings. The number of hydrogen-bond acceptors (Lipinski definition) is 3. The van der Waals surface area contributed by atoms with Gasteiger partial charge in [-0.3, -0.25) is 4.99 Å². The third-order valence-corrected chi connectivity index (χ3v) is 5.12. The van der Waals surface area contributed by atoms with Gasteiger partial charge in [0.25, 0.3) is 0 Å². The Morgan fingerprint density at radius 2 is 1.82 bits per heavy atom. The largest absolute Gasteiger partial charge is 0.357 e. The first kappa shape index (κ1) is 19.9. The number of halogens is 1. The van der Waals surface area contributed by atoms with Crippen LogP contribution in [0.1, 0.15) is 16.8 Å². The van der Waals surface area contributed by atoms with Crippen LogP contribution in [-0.4, -0.2) is 32.7 Å². The Balaban J connectivity index is 1.64. The zero-order chi connectivity index (χ0) is 20.1. The van der Waals surface area contributed by atoms with Crippen LogP contribution < -0.4 is 10.6 Å². The summed E-state index contributed by atoms with van der Waals surface area (Å²) in [6.07, 6.45) is 1.16. The van der Waals surface area contributed by atoms with E-state index < -0.39 is 15.7 Å². The van der Waals surface area contributed by atoms with Crippen molar-refractivity contribution in [3.8, 4) is 0 Å². The molecule has 0 aliphatic heterocycles. The molecule has 0 saturated carbocycles. The van der Waals surface area contributed by atoms with Gasteiger partial charge in [-0.15, -0.1) is 0 Å². The molecule has 1 heterocycles. The predicted octanol–water partition coefficient (Wildman–Crippen LogP) is 2.72. The van der Waals surface area contributed by atoms with Gasteiger partial charge in [0.1, 0.15) is 5.82 Å². The van der Waals surface area contributed by atoms with E-state index in [0.717, 1.165) is 22.9 Å². The number of nitrogens with one attached hydrogen (secondary N) is 3. The molecule has 0 bridgehead atoms. The van der Waals surface area contributed by atoms with Gasteiger partial charge in [0, 0.05) is 31.1 Å². The fraction of sp³-hybridized carbons (Fsp3) is 0.250. The summed E-state index contributed by atoms with van der Waals surface area (Å²) in [5, 5.41) is 7.43. The number of aromatic amines is 1. The lowest BCUT2D eigenvalue weighted by Gasteiger charge is -2.14. The fourth-order valence-electron chi connectivity index (χ4n) is 2.99. The molecule has 0 amide bonds. The molecule has 2 aromatic carbocycles. The highest BCUT2D eigenvalue weighted by molar-refractivity contribution is 7.89. The highest BCUT2D eigenvalue weighted by atomic mass is 32.2. The fourth-order valence-corrected chi connectivity index (χ4v) is 3.84. The van der Waals surface area contributed by atoms with Crippen molar-refractivity contribution in [2.45, 2.75) is 18.8 Å². The lowest BCUT2D eigenvalue weighted by atomic mass is 10.1. The number of aromatic nitrogens is 1. The number of nitrogens with zero attached hydrogens (tertiary/aromatic N) is 1. The molecule has 0 atom stereocenters. The number of benzene rings is 2.